The topological polar surface area (TPSA) is 37.3 Å². The molecule has 0 heterocycles. The lowest BCUT2D eigenvalue weighted by Gasteiger charge is -2.14. The summed E-state index contributed by atoms with van der Waals surface area (Å²) >= 11 is 0. The molecule has 0 saturated heterocycles. The molecule has 1 N–H and O–H groups in total. The summed E-state index contributed by atoms with van der Waals surface area (Å²) in [5.41, 5.74) is 2.66. The fourth-order valence-corrected chi connectivity index (χ4v) is 2.72. The maximum Gasteiger partial charge on any atom is 0.306 e. The Hall–Kier alpha value is -1.31. The quantitative estimate of drug-likeness (QED) is 0.789. The van der Waals surface area contributed by atoms with Crippen molar-refractivity contribution in [2.24, 2.45) is 5.92 Å². The van der Waals surface area contributed by atoms with Crippen LogP contribution < -0.4 is 0 Å². The molecular formula is C15H20O2. The summed E-state index contributed by atoms with van der Waals surface area (Å²) in [6.45, 7) is 2.09. The first kappa shape index (κ1) is 12.2. The largest absolute Gasteiger partial charge is 0.481 e. The van der Waals surface area contributed by atoms with Crippen molar-refractivity contribution < 1.29 is 9.90 Å². The molecule has 0 radical (unpaired) electrons. The molecule has 0 aromatic heterocycles. The van der Waals surface area contributed by atoms with E-state index in [1.165, 1.54) is 11.1 Å². The van der Waals surface area contributed by atoms with E-state index < -0.39 is 5.97 Å². The van der Waals surface area contributed by atoms with E-state index >= 15 is 0 Å². The van der Waals surface area contributed by atoms with Crippen LogP contribution in [0.5, 0.6) is 0 Å². The number of carboxylic acid groups (broad SMARTS) is 1. The van der Waals surface area contributed by atoms with E-state index in [0.29, 0.717) is 5.92 Å². The van der Waals surface area contributed by atoms with E-state index in [9.17, 15) is 4.79 Å². The van der Waals surface area contributed by atoms with E-state index in [2.05, 4.69) is 31.2 Å². The summed E-state index contributed by atoms with van der Waals surface area (Å²) in [7, 11) is 0. The third-order valence-electron chi connectivity index (χ3n) is 3.87. The number of aliphatic carboxylic acids is 1. The predicted molar refractivity (Wildman–Crippen MR) is 68.1 cm³/mol. The summed E-state index contributed by atoms with van der Waals surface area (Å²) in [5, 5.41) is 9.06. The van der Waals surface area contributed by atoms with Gasteiger partial charge in [-0.15, -0.1) is 0 Å². The summed E-state index contributed by atoms with van der Waals surface area (Å²) in [6.07, 6.45) is 4.86. The molecule has 2 unspecified atom stereocenters. The van der Waals surface area contributed by atoms with Gasteiger partial charge in [-0.1, -0.05) is 36.2 Å². The van der Waals surface area contributed by atoms with E-state index in [1.807, 2.05) is 0 Å². The zero-order valence-electron chi connectivity index (χ0n) is 10.4. The second-order valence-electron chi connectivity index (χ2n) is 5.15. The van der Waals surface area contributed by atoms with Crippen molar-refractivity contribution in [2.75, 3.05) is 0 Å². The highest BCUT2D eigenvalue weighted by Crippen LogP contribution is 2.34. The Bertz CT molecular complexity index is 380. The van der Waals surface area contributed by atoms with Gasteiger partial charge in [0.25, 0.3) is 0 Å². The zero-order valence-corrected chi connectivity index (χ0v) is 10.4. The Morgan fingerprint density at radius 1 is 1.12 bits per heavy atom. The van der Waals surface area contributed by atoms with Gasteiger partial charge in [0.1, 0.15) is 0 Å². The molecule has 0 aliphatic heterocycles. The summed E-state index contributed by atoms with van der Waals surface area (Å²) in [4.78, 5) is 11.0. The highest BCUT2D eigenvalue weighted by Gasteiger charge is 2.24. The van der Waals surface area contributed by atoms with Gasteiger partial charge in [-0.3, -0.25) is 4.79 Å². The Morgan fingerprint density at radius 2 is 1.82 bits per heavy atom. The van der Waals surface area contributed by atoms with Crippen LogP contribution in [-0.2, 0) is 4.79 Å². The van der Waals surface area contributed by atoms with E-state index in [-0.39, 0.29) is 5.92 Å². The van der Waals surface area contributed by atoms with Crippen molar-refractivity contribution in [2.45, 2.75) is 44.9 Å². The smallest absolute Gasteiger partial charge is 0.306 e. The number of hydrogen-bond donors (Lipinski definition) is 1. The molecule has 0 spiro atoms. The lowest BCUT2D eigenvalue weighted by atomic mass is 9.91. The SMILES string of the molecule is Cc1ccc(C2CCCC(C(=O)O)CC2)cc1. The van der Waals surface area contributed by atoms with Crippen LogP contribution in [-0.4, -0.2) is 11.1 Å². The number of hydrogen-bond acceptors (Lipinski definition) is 1. The normalized spacial score (nSPS) is 25.2. The molecule has 1 fully saturated rings. The molecule has 2 rings (SSSR count). The lowest BCUT2D eigenvalue weighted by molar-refractivity contribution is -0.142. The van der Waals surface area contributed by atoms with Gasteiger partial charge in [0.05, 0.1) is 5.92 Å². The standard InChI is InChI=1S/C15H20O2/c1-11-5-7-13(8-6-11)12-3-2-4-14(10-9-12)15(16)17/h5-8,12,14H,2-4,9-10H2,1H3,(H,16,17). The monoisotopic (exact) mass is 232 g/mol. The fourth-order valence-electron chi connectivity index (χ4n) is 2.72. The number of aryl methyl sites for hydroxylation is 1. The van der Waals surface area contributed by atoms with Gasteiger partial charge in [0.2, 0.25) is 0 Å². The molecule has 1 aromatic carbocycles. The average Bonchev–Trinajstić information content (AvgIpc) is 2.55. The second-order valence-corrected chi connectivity index (χ2v) is 5.15. The van der Waals surface area contributed by atoms with Crippen molar-refractivity contribution in [1.29, 1.82) is 0 Å². The summed E-state index contributed by atoms with van der Waals surface area (Å²) in [6, 6.07) is 8.69. The summed E-state index contributed by atoms with van der Waals surface area (Å²) in [5.74, 6) is -0.181. The minimum Gasteiger partial charge on any atom is -0.481 e. The predicted octanol–water partition coefficient (Wildman–Crippen LogP) is 3.74. The molecule has 92 valence electrons. The van der Waals surface area contributed by atoms with Gasteiger partial charge in [-0.2, -0.15) is 0 Å². The molecule has 1 aromatic rings. The van der Waals surface area contributed by atoms with Crippen molar-refractivity contribution in [3.63, 3.8) is 0 Å². The third-order valence-corrected chi connectivity index (χ3v) is 3.87. The minimum atomic E-state index is -0.616. The second kappa shape index (κ2) is 5.35. The van der Waals surface area contributed by atoms with E-state index in [0.717, 1.165) is 32.1 Å². The van der Waals surface area contributed by atoms with Gasteiger partial charge in [0, 0.05) is 0 Å². The Labute approximate surface area is 103 Å². The maximum absolute atomic E-state index is 11.0. The van der Waals surface area contributed by atoms with Gasteiger partial charge >= 0.3 is 5.97 Å². The molecule has 2 heteroatoms. The van der Waals surface area contributed by atoms with Crippen LogP contribution in [0.2, 0.25) is 0 Å². The molecule has 2 atom stereocenters. The van der Waals surface area contributed by atoms with Crippen LogP contribution in [0.15, 0.2) is 24.3 Å². The Kier molecular flexibility index (Phi) is 3.82. The van der Waals surface area contributed by atoms with Crippen LogP contribution in [0.3, 0.4) is 0 Å². The van der Waals surface area contributed by atoms with Crippen LogP contribution in [0, 0.1) is 12.8 Å². The summed E-state index contributed by atoms with van der Waals surface area (Å²) < 4.78 is 0. The Balaban J connectivity index is 2.03. The molecule has 0 amide bonds. The van der Waals surface area contributed by atoms with E-state index in [4.69, 9.17) is 5.11 Å². The lowest BCUT2D eigenvalue weighted by Crippen LogP contribution is -2.12. The van der Waals surface area contributed by atoms with Gasteiger partial charge in [-0.25, -0.2) is 0 Å². The van der Waals surface area contributed by atoms with Crippen LogP contribution in [0.25, 0.3) is 0 Å². The van der Waals surface area contributed by atoms with Gasteiger partial charge in [0.15, 0.2) is 0 Å². The number of benzene rings is 1. The molecule has 1 aliphatic rings. The van der Waals surface area contributed by atoms with E-state index in [1.54, 1.807) is 0 Å². The van der Waals surface area contributed by atoms with Crippen LogP contribution in [0.4, 0.5) is 0 Å². The highest BCUT2D eigenvalue weighted by molar-refractivity contribution is 5.69. The molecule has 1 aliphatic carbocycles. The van der Waals surface area contributed by atoms with Crippen molar-refractivity contribution in [3.05, 3.63) is 35.4 Å². The first-order chi connectivity index (χ1) is 8.16. The maximum atomic E-state index is 11.0. The first-order valence-corrected chi connectivity index (χ1v) is 6.46. The fraction of sp³-hybridized carbons (Fsp3) is 0.533. The van der Waals surface area contributed by atoms with Gasteiger partial charge in [-0.05, 0) is 44.1 Å². The molecule has 2 nitrogen and oxygen atoms in total. The number of rotatable bonds is 2. The molecule has 17 heavy (non-hydrogen) atoms. The van der Waals surface area contributed by atoms with Crippen LogP contribution >= 0.6 is 0 Å². The molecule has 0 bridgehead atoms. The van der Waals surface area contributed by atoms with Crippen molar-refractivity contribution in [1.82, 2.24) is 0 Å². The third kappa shape index (κ3) is 3.09. The minimum absolute atomic E-state index is 0.120. The van der Waals surface area contributed by atoms with Crippen molar-refractivity contribution in [3.8, 4) is 0 Å². The number of carbonyl (C=O) groups is 1. The number of carboxylic acids is 1. The highest BCUT2D eigenvalue weighted by atomic mass is 16.4. The molecular weight excluding hydrogens is 212 g/mol. The van der Waals surface area contributed by atoms with Gasteiger partial charge < -0.3 is 5.11 Å². The average molecular weight is 232 g/mol. The van der Waals surface area contributed by atoms with Crippen molar-refractivity contribution >= 4 is 5.97 Å². The Morgan fingerprint density at radius 3 is 2.47 bits per heavy atom. The molecule has 1 saturated carbocycles. The van der Waals surface area contributed by atoms with Crippen LogP contribution in [0.1, 0.15) is 49.1 Å². The zero-order chi connectivity index (χ0) is 12.3. The first-order valence-electron chi connectivity index (χ1n) is 6.46.